The molecular formula is C36H40ClNO3. The predicted molar refractivity (Wildman–Crippen MR) is 172 cm³/mol. The lowest BCUT2D eigenvalue weighted by Gasteiger charge is -2.12. The normalized spacial score (nSPS) is 11.4. The molecule has 0 radical (unpaired) electrons. The predicted octanol–water partition coefficient (Wildman–Crippen LogP) is 10.0. The van der Waals surface area contributed by atoms with Crippen LogP contribution in [-0.2, 0) is 0 Å². The van der Waals surface area contributed by atoms with Crippen molar-refractivity contribution >= 4 is 34.4 Å². The molecule has 0 saturated heterocycles. The van der Waals surface area contributed by atoms with E-state index in [2.05, 4.69) is 11.9 Å². The third-order valence-electron chi connectivity index (χ3n) is 7.34. The standard InChI is InChI=1S/C36H40ClNO3/c1-2-3-4-5-6-7-8-9-10-14-24-41-30-19-15-16-27(25-30)20-23-33(39)35-34(28-17-12-11-13-18-28)31-26-29(37)21-22-32(31)38-36(35)40/h11-13,15-23,25-26H,2-10,14,24H2,1H3,(H,38,40). The van der Waals surface area contributed by atoms with Gasteiger partial charge in [0.25, 0.3) is 5.56 Å². The van der Waals surface area contributed by atoms with Gasteiger partial charge in [-0.1, -0.05) is 125 Å². The van der Waals surface area contributed by atoms with Gasteiger partial charge in [-0.3, -0.25) is 9.59 Å². The summed E-state index contributed by atoms with van der Waals surface area (Å²) in [5, 5.41) is 1.26. The summed E-state index contributed by atoms with van der Waals surface area (Å²) in [6.07, 6.45) is 16.1. The largest absolute Gasteiger partial charge is 0.494 e. The molecule has 0 fully saturated rings. The summed E-state index contributed by atoms with van der Waals surface area (Å²) in [5.74, 6) is 0.405. The Morgan fingerprint density at radius 1 is 0.829 bits per heavy atom. The molecule has 0 atom stereocenters. The number of fused-ring (bicyclic) bond motifs is 1. The topological polar surface area (TPSA) is 59.2 Å². The second-order valence-electron chi connectivity index (χ2n) is 10.6. The quantitative estimate of drug-likeness (QED) is 0.0829. The smallest absolute Gasteiger partial charge is 0.260 e. The van der Waals surface area contributed by atoms with Crippen LogP contribution in [0.1, 0.15) is 87.1 Å². The maximum absolute atomic E-state index is 13.5. The minimum absolute atomic E-state index is 0.0931. The van der Waals surface area contributed by atoms with Crippen LogP contribution < -0.4 is 10.3 Å². The van der Waals surface area contributed by atoms with Crippen molar-refractivity contribution in [2.45, 2.75) is 71.1 Å². The number of allylic oxidation sites excluding steroid dienone is 1. The fraction of sp³-hybridized carbons (Fsp3) is 0.333. The van der Waals surface area contributed by atoms with Gasteiger partial charge in [0.05, 0.1) is 12.2 Å². The van der Waals surface area contributed by atoms with E-state index in [1.165, 1.54) is 63.9 Å². The second kappa shape index (κ2) is 16.0. The van der Waals surface area contributed by atoms with Gasteiger partial charge < -0.3 is 9.72 Å². The van der Waals surface area contributed by atoms with Crippen molar-refractivity contribution < 1.29 is 9.53 Å². The highest BCUT2D eigenvalue weighted by Crippen LogP contribution is 2.31. The molecule has 0 aliphatic heterocycles. The van der Waals surface area contributed by atoms with Crippen LogP contribution in [0.2, 0.25) is 5.02 Å². The fourth-order valence-corrected chi connectivity index (χ4v) is 5.32. The van der Waals surface area contributed by atoms with Crippen LogP contribution in [0.15, 0.2) is 83.7 Å². The van der Waals surface area contributed by atoms with Crippen molar-refractivity contribution in [1.82, 2.24) is 4.98 Å². The first kappa shape index (κ1) is 30.3. The number of ketones is 1. The van der Waals surface area contributed by atoms with E-state index in [0.29, 0.717) is 22.7 Å². The molecule has 1 heterocycles. The van der Waals surface area contributed by atoms with E-state index in [4.69, 9.17) is 16.3 Å². The molecule has 0 aliphatic carbocycles. The number of pyridine rings is 1. The Balaban J connectivity index is 1.38. The number of rotatable bonds is 16. The van der Waals surface area contributed by atoms with Crippen molar-refractivity contribution in [3.63, 3.8) is 0 Å². The van der Waals surface area contributed by atoms with Gasteiger partial charge in [-0.2, -0.15) is 0 Å². The number of carbonyl (C=O) groups is 1. The summed E-state index contributed by atoms with van der Waals surface area (Å²) >= 11 is 6.30. The van der Waals surface area contributed by atoms with Crippen LogP contribution in [0.25, 0.3) is 28.1 Å². The highest BCUT2D eigenvalue weighted by molar-refractivity contribution is 6.31. The molecule has 4 aromatic rings. The number of nitrogens with one attached hydrogen (secondary N) is 1. The van der Waals surface area contributed by atoms with Crippen molar-refractivity contribution in [3.8, 4) is 16.9 Å². The van der Waals surface area contributed by atoms with Gasteiger partial charge in [-0.25, -0.2) is 0 Å². The van der Waals surface area contributed by atoms with E-state index in [0.717, 1.165) is 28.7 Å². The molecule has 1 aromatic heterocycles. The molecule has 4 nitrogen and oxygen atoms in total. The van der Waals surface area contributed by atoms with Crippen LogP contribution in [0.4, 0.5) is 0 Å². The fourth-order valence-electron chi connectivity index (χ4n) is 5.15. The average Bonchev–Trinajstić information content (AvgIpc) is 2.99. The van der Waals surface area contributed by atoms with Crippen LogP contribution in [0.3, 0.4) is 0 Å². The number of H-pyrrole nitrogens is 1. The summed E-state index contributed by atoms with van der Waals surface area (Å²) in [6.45, 7) is 2.93. The van der Waals surface area contributed by atoms with Crippen molar-refractivity contribution in [3.05, 3.63) is 105 Å². The Morgan fingerprint density at radius 2 is 1.54 bits per heavy atom. The van der Waals surface area contributed by atoms with Gasteiger partial charge >= 0.3 is 0 Å². The van der Waals surface area contributed by atoms with Gasteiger partial charge in [0, 0.05) is 21.5 Å². The lowest BCUT2D eigenvalue weighted by atomic mass is 9.94. The number of unbranched alkanes of at least 4 members (excludes halogenated alkanes) is 9. The minimum atomic E-state index is -0.429. The summed E-state index contributed by atoms with van der Waals surface area (Å²) in [7, 11) is 0. The van der Waals surface area contributed by atoms with Crippen LogP contribution in [0.5, 0.6) is 5.75 Å². The molecule has 0 amide bonds. The van der Waals surface area contributed by atoms with Crippen LogP contribution in [0, 0.1) is 0 Å². The first-order chi connectivity index (χ1) is 20.1. The van der Waals surface area contributed by atoms with Gasteiger partial charge in [-0.15, -0.1) is 0 Å². The van der Waals surface area contributed by atoms with E-state index in [9.17, 15) is 9.59 Å². The van der Waals surface area contributed by atoms with E-state index in [1.54, 1.807) is 24.3 Å². The van der Waals surface area contributed by atoms with E-state index < -0.39 is 5.56 Å². The number of halogens is 1. The van der Waals surface area contributed by atoms with Gasteiger partial charge in [0.2, 0.25) is 0 Å². The number of hydrogen-bond acceptors (Lipinski definition) is 3. The molecule has 0 saturated carbocycles. The first-order valence-electron chi connectivity index (χ1n) is 14.9. The Hall–Kier alpha value is -3.63. The van der Waals surface area contributed by atoms with E-state index in [1.807, 2.05) is 54.6 Å². The van der Waals surface area contributed by atoms with Crippen LogP contribution >= 0.6 is 11.6 Å². The molecule has 1 N–H and O–H groups in total. The molecule has 3 aromatic carbocycles. The Kier molecular flexibility index (Phi) is 11.8. The lowest BCUT2D eigenvalue weighted by Crippen LogP contribution is -2.18. The molecule has 41 heavy (non-hydrogen) atoms. The molecule has 4 rings (SSSR count). The molecule has 0 aliphatic rings. The first-order valence-corrected chi connectivity index (χ1v) is 15.3. The second-order valence-corrected chi connectivity index (χ2v) is 11.0. The third kappa shape index (κ3) is 8.93. The molecule has 0 bridgehead atoms. The monoisotopic (exact) mass is 569 g/mol. The highest BCUT2D eigenvalue weighted by atomic mass is 35.5. The highest BCUT2D eigenvalue weighted by Gasteiger charge is 2.19. The molecule has 5 heteroatoms. The Morgan fingerprint density at radius 3 is 2.27 bits per heavy atom. The lowest BCUT2D eigenvalue weighted by molar-refractivity contribution is 0.104. The average molecular weight is 570 g/mol. The van der Waals surface area contributed by atoms with Crippen molar-refractivity contribution in [1.29, 1.82) is 0 Å². The zero-order valence-corrected chi connectivity index (χ0v) is 24.7. The molecule has 214 valence electrons. The van der Waals surface area contributed by atoms with Crippen molar-refractivity contribution in [2.24, 2.45) is 0 Å². The van der Waals surface area contributed by atoms with Gasteiger partial charge in [-0.05, 0) is 54.0 Å². The summed E-state index contributed by atoms with van der Waals surface area (Å²) in [4.78, 5) is 29.4. The summed E-state index contributed by atoms with van der Waals surface area (Å²) in [5.41, 5.74) is 2.49. The number of benzene rings is 3. The number of aromatic nitrogens is 1. The molecule has 0 unspecified atom stereocenters. The van der Waals surface area contributed by atoms with E-state index in [-0.39, 0.29) is 11.3 Å². The van der Waals surface area contributed by atoms with Crippen molar-refractivity contribution in [2.75, 3.05) is 6.61 Å². The maximum Gasteiger partial charge on any atom is 0.260 e. The minimum Gasteiger partial charge on any atom is -0.494 e. The van der Waals surface area contributed by atoms with Crippen LogP contribution in [-0.4, -0.2) is 17.4 Å². The summed E-state index contributed by atoms with van der Waals surface area (Å²) < 4.78 is 5.98. The summed E-state index contributed by atoms with van der Waals surface area (Å²) in [6, 6.07) is 22.4. The Labute approximate surface area is 248 Å². The zero-order chi connectivity index (χ0) is 28.9. The zero-order valence-electron chi connectivity index (χ0n) is 24.0. The maximum atomic E-state index is 13.5. The molecule has 0 spiro atoms. The Bertz CT molecular complexity index is 1510. The number of carbonyl (C=O) groups excluding carboxylic acids is 1. The third-order valence-corrected chi connectivity index (χ3v) is 7.57. The number of aromatic amines is 1. The number of hydrogen-bond donors (Lipinski definition) is 1. The molecular weight excluding hydrogens is 530 g/mol. The SMILES string of the molecule is CCCCCCCCCCCCOc1cccc(C=CC(=O)c2c(-c3ccccc3)c3cc(Cl)ccc3[nH]c2=O)c1. The number of ether oxygens (including phenoxy) is 1. The van der Waals surface area contributed by atoms with Gasteiger partial charge in [0.1, 0.15) is 5.75 Å². The van der Waals surface area contributed by atoms with Gasteiger partial charge in [0.15, 0.2) is 5.78 Å². The van der Waals surface area contributed by atoms with E-state index >= 15 is 0 Å².